The Balaban J connectivity index is 0.00000392. The maximum absolute atomic E-state index is 12.6. The number of piperazine rings is 1. The van der Waals surface area contributed by atoms with E-state index in [0.29, 0.717) is 18.8 Å². The van der Waals surface area contributed by atoms with Crippen LogP contribution in [-0.2, 0) is 16.6 Å². The van der Waals surface area contributed by atoms with Crippen molar-refractivity contribution in [2.45, 2.75) is 64.8 Å². The number of quaternary nitrogens is 1. The zero-order valence-corrected chi connectivity index (χ0v) is 20.2. The summed E-state index contributed by atoms with van der Waals surface area (Å²) in [6.45, 7) is 6.31. The summed E-state index contributed by atoms with van der Waals surface area (Å²) >= 11 is 0. The van der Waals surface area contributed by atoms with Crippen molar-refractivity contribution >= 4 is 10.0 Å². The van der Waals surface area contributed by atoms with Crippen LogP contribution in [0.15, 0.2) is 30.3 Å². The maximum Gasteiger partial charge on any atom is 0.214 e. The van der Waals surface area contributed by atoms with Crippen LogP contribution in [0.3, 0.4) is 0 Å². The molecule has 0 atom stereocenters. The molecule has 1 heterocycles. The third-order valence-electron chi connectivity index (χ3n) is 5.83. The molecule has 0 bridgehead atoms. The molecule has 1 aliphatic heterocycles. The van der Waals surface area contributed by atoms with Gasteiger partial charge in [0, 0.05) is 5.56 Å². The SMILES string of the molecule is CCCCCCCCCCS(=O)(=O)N1CC[N+](C)(Cc2ccccc2)CC1.[Br-]. The second kappa shape index (κ2) is 13.0. The molecule has 162 valence electrons. The van der Waals surface area contributed by atoms with Gasteiger partial charge >= 0.3 is 0 Å². The van der Waals surface area contributed by atoms with Crippen molar-refractivity contribution < 1.29 is 29.9 Å². The van der Waals surface area contributed by atoms with Crippen LogP contribution >= 0.6 is 0 Å². The van der Waals surface area contributed by atoms with Crippen molar-refractivity contribution in [3.63, 3.8) is 0 Å². The predicted octanol–water partition coefficient (Wildman–Crippen LogP) is 1.42. The van der Waals surface area contributed by atoms with E-state index in [-0.39, 0.29) is 17.0 Å². The monoisotopic (exact) mass is 474 g/mol. The van der Waals surface area contributed by atoms with E-state index >= 15 is 0 Å². The van der Waals surface area contributed by atoms with Crippen LogP contribution in [0.4, 0.5) is 0 Å². The molecule has 6 heteroatoms. The van der Waals surface area contributed by atoms with Gasteiger partial charge in [-0.25, -0.2) is 8.42 Å². The van der Waals surface area contributed by atoms with Gasteiger partial charge in [0.1, 0.15) is 6.54 Å². The maximum atomic E-state index is 12.6. The first kappa shape index (κ1) is 25.6. The third kappa shape index (κ3) is 8.93. The Kier molecular flexibility index (Phi) is 11.9. The first-order valence-electron chi connectivity index (χ1n) is 10.8. The van der Waals surface area contributed by atoms with Gasteiger partial charge in [0.25, 0.3) is 0 Å². The molecular weight excluding hydrogens is 436 g/mol. The van der Waals surface area contributed by atoms with Crippen LogP contribution in [0.2, 0.25) is 0 Å². The minimum absolute atomic E-state index is 0. The molecule has 28 heavy (non-hydrogen) atoms. The van der Waals surface area contributed by atoms with Crippen LogP contribution in [0.5, 0.6) is 0 Å². The molecule has 1 fully saturated rings. The first-order valence-corrected chi connectivity index (χ1v) is 12.4. The molecule has 0 saturated carbocycles. The molecule has 2 rings (SSSR count). The van der Waals surface area contributed by atoms with Crippen molar-refractivity contribution in [2.75, 3.05) is 39.0 Å². The number of halogens is 1. The normalized spacial score (nSPS) is 17.2. The van der Waals surface area contributed by atoms with Crippen molar-refractivity contribution in [1.82, 2.24) is 4.31 Å². The van der Waals surface area contributed by atoms with Crippen LogP contribution in [0, 0.1) is 0 Å². The van der Waals surface area contributed by atoms with Crippen molar-refractivity contribution in [3.05, 3.63) is 35.9 Å². The van der Waals surface area contributed by atoms with E-state index in [0.717, 1.165) is 37.0 Å². The van der Waals surface area contributed by atoms with E-state index in [1.165, 1.54) is 44.1 Å². The van der Waals surface area contributed by atoms with Crippen molar-refractivity contribution in [1.29, 1.82) is 0 Å². The standard InChI is InChI=1S/C22H39N2O2S.BrH/c1-3-4-5-6-7-8-9-13-20-27(25,26)23-16-18-24(2,19-17-23)21-22-14-11-10-12-15-22;/h10-12,14-15H,3-9,13,16-21H2,1-2H3;1H/q+1;/p-1. The number of nitrogens with zero attached hydrogens (tertiary/aromatic N) is 2. The van der Waals surface area contributed by atoms with E-state index in [9.17, 15) is 8.42 Å². The highest BCUT2D eigenvalue weighted by molar-refractivity contribution is 7.89. The summed E-state index contributed by atoms with van der Waals surface area (Å²) < 4.78 is 28.0. The van der Waals surface area contributed by atoms with E-state index in [4.69, 9.17) is 0 Å². The smallest absolute Gasteiger partial charge is 0.214 e. The van der Waals surface area contributed by atoms with E-state index < -0.39 is 10.0 Å². The van der Waals surface area contributed by atoms with Gasteiger partial charge in [-0.1, -0.05) is 82.2 Å². The molecule has 1 aliphatic rings. The van der Waals surface area contributed by atoms with E-state index in [2.05, 4.69) is 38.2 Å². The van der Waals surface area contributed by atoms with Crippen LogP contribution in [-0.4, -0.2) is 56.2 Å². The van der Waals surface area contributed by atoms with E-state index in [1.54, 1.807) is 4.31 Å². The average Bonchev–Trinajstić information content (AvgIpc) is 2.65. The van der Waals surface area contributed by atoms with Crippen LogP contribution < -0.4 is 17.0 Å². The summed E-state index contributed by atoms with van der Waals surface area (Å²) in [4.78, 5) is 0. The Morgan fingerprint density at radius 3 is 2.00 bits per heavy atom. The molecule has 4 nitrogen and oxygen atoms in total. The van der Waals surface area contributed by atoms with Crippen molar-refractivity contribution in [3.8, 4) is 0 Å². The second-order valence-corrected chi connectivity index (χ2v) is 10.5. The zero-order valence-electron chi connectivity index (χ0n) is 17.8. The number of unbranched alkanes of at least 4 members (excludes halogenated alkanes) is 7. The summed E-state index contributed by atoms with van der Waals surface area (Å²) in [5, 5.41) is 0. The zero-order chi connectivity index (χ0) is 19.6. The lowest BCUT2D eigenvalue weighted by Gasteiger charge is -2.41. The molecule has 0 unspecified atom stereocenters. The fourth-order valence-electron chi connectivity index (χ4n) is 3.94. The highest BCUT2D eigenvalue weighted by atomic mass is 79.9. The lowest BCUT2D eigenvalue weighted by molar-refractivity contribution is -0.925. The van der Waals surface area contributed by atoms with Crippen molar-refractivity contribution in [2.24, 2.45) is 0 Å². The molecule has 0 spiro atoms. The van der Waals surface area contributed by atoms with Gasteiger partial charge in [-0.2, -0.15) is 4.31 Å². The lowest BCUT2D eigenvalue weighted by atomic mass is 10.1. The minimum Gasteiger partial charge on any atom is -1.00 e. The van der Waals surface area contributed by atoms with Gasteiger partial charge in [-0.15, -0.1) is 0 Å². The number of rotatable bonds is 12. The number of hydrogen-bond acceptors (Lipinski definition) is 2. The summed E-state index contributed by atoms with van der Waals surface area (Å²) in [5.74, 6) is 0.324. The highest BCUT2D eigenvalue weighted by Gasteiger charge is 2.34. The van der Waals surface area contributed by atoms with Crippen LogP contribution in [0.25, 0.3) is 0 Å². The minimum atomic E-state index is -3.08. The molecule has 0 aliphatic carbocycles. The fourth-order valence-corrected chi connectivity index (χ4v) is 5.48. The van der Waals surface area contributed by atoms with Crippen LogP contribution in [0.1, 0.15) is 63.9 Å². The summed E-state index contributed by atoms with van der Waals surface area (Å²) in [7, 11) is -0.839. The molecular formula is C22H39BrN2O2S. The average molecular weight is 476 g/mol. The number of hydrogen-bond donors (Lipinski definition) is 0. The fraction of sp³-hybridized carbons (Fsp3) is 0.727. The largest absolute Gasteiger partial charge is 1.00 e. The Morgan fingerprint density at radius 1 is 0.893 bits per heavy atom. The number of benzene rings is 1. The summed E-state index contributed by atoms with van der Waals surface area (Å²) in [6, 6.07) is 10.5. The second-order valence-electron chi connectivity index (χ2n) is 8.40. The molecule has 0 aromatic heterocycles. The van der Waals surface area contributed by atoms with Gasteiger partial charge in [-0.3, -0.25) is 0 Å². The molecule has 0 amide bonds. The van der Waals surface area contributed by atoms with Gasteiger partial charge in [0.2, 0.25) is 10.0 Å². The topological polar surface area (TPSA) is 37.4 Å². The van der Waals surface area contributed by atoms with Gasteiger partial charge in [-0.05, 0) is 6.42 Å². The Labute approximate surface area is 183 Å². The molecule has 1 saturated heterocycles. The predicted molar refractivity (Wildman–Crippen MR) is 114 cm³/mol. The summed E-state index contributed by atoms with van der Waals surface area (Å²) in [6.07, 6.45) is 9.49. The quantitative estimate of drug-likeness (QED) is 0.339. The molecule has 1 aromatic rings. The number of likely N-dealkylation sites (N-methyl/N-ethyl adjacent to an activating group) is 1. The first-order chi connectivity index (χ1) is 13.0. The lowest BCUT2D eigenvalue weighted by Crippen LogP contribution is -3.00. The van der Waals surface area contributed by atoms with E-state index in [1.807, 2.05) is 6.07 Å². The third-order valence-corrected chi connectivity index (χ3v) is 7.79. The Morgan fingerprint density at radius 2 is 1.43 bits per heavy atom. The Hall–Kier alpha value is -0.430. The molecule has 0 radical (unpaired) electrons. The van der Waals surface area contributed by atoms with Gasteiger partial charge in [0.15, 0.2) is 0 Å². The molecule has 0 N–H and O–H groups in total. The number of sulfonamides is 1. The highest BCUT2D eigenvalue weighted by Crippen LogP contribution is 2.19. The summed E-state index contributed by atoms with van der Waals surface area (Å²) in [5.41, 5.74) is 1.33. The Bertz CT molecular complexity index is 629. The van der Waals surface area contributed by atoms with Gasteiger partial charge in [0.05, 0.1) is 39.0 Å². The molecule has 1 aromatic carbocycles. The van der Waals surface area contributed by atoms with Gasteiger partial charge < -0.3 is 21.5 Å².